The maximum Gasteiger partial charge on any atom is 0.431 e. The third-order valence-corrected chi connectivity index (χ3v) is 7.96. The number of piperazine rings is 1. The number of alkyl halides is 3. The fourth-order valence-corrected chi connectivity index (χ4v) is 5.33. The number of urea groups is 1. The molecule has 0 spiro atoms. The van der Waals surface area contributed by atoms with Gasteiger partial charge in [-0.05, 0) is 73.2 Å². The van der Waals surface area contributed by atoms with Crippen LogP contribution < -0.4 is 10.2 Å². The van der Waals surface area contributed by atoms with Gasteiger partial charge < -0.3 is 20.0 Å². The van der Waals surface area contributed by atoms with Crippen LogP contribution in [0.2, 0.25) is 5.02 Å². The molecule has 2 aromatic carbocycles. The van der Waals surface area contributed by atoms with Crippen LogP contribution in [0.1, 0.15) is 31.2 Å². The van der Waals surface area contributed by atoms with E-state index >= 15 is 0 Å². The number of piperidine rings is 1. The van der Waals surface area contributed by atoms with E-state index in [1.165, 1.54) is 17.0 Å². The highest BCUT2D eigenvalue weighted by atomic mass is 35.5. The minimum atomic E-state index is -4.76. The van der Waals surface area contributed by atoms with E-state index in [9.17, 15) is 22.4 Å². The molecule has 2 amide bonds. The van der Waals surface area contributed by atoms with Crippen LogP contribution in [0, 0.1) is 5.82 Å². The van der Waals surface area contributed by atoms with Crippen LogP contribution in [0.25, 0.3) is 0 Å². The highest BCUT2D eigenvalue weighted by Gasteiger charge is 2.36. The number of halogens is 5. The Morgan fingerprint density at radius 2 is 1.60 bits per heavy atom. The van der Waals surface area contributed by atoms with Crippen molar-refractivity contribution in [3.05, 3.63) is 113 Å². The van der Waals surface area contributed by atoms with Crippen molar-refractivity contribution in [3.8, 4) is 0 Å². The van der Waals surface area contributed by atoms with Gasteiger partial charge in [-0.25, -0.2) is 9.18 Å². The first-order valence-corrected chi connectivity index (χ1v) is 14.3. The Morgan fingerprint density at radius 3 is 2.19 bits per heavy atom. The first kappa shape index (κ1) is 31.2. The normalized spacial score (nSPS) is 17.9. The van der Waals surface area contributed by atoms with Crippen molar-refractivity contribution in [2.24, 2.45) is 0 Å². The number of allylic oxidation sites excluding steroid dienone is 7. The summed E-state index contributed by atoms with van der Waals surface area (Å²) in [6.45, 7) is 8.74. The van der Waals surface area contributed by atoms with Gasteiger partial charge in [0.25, 0.3) is 0 Å². The van der Waals surface area contributed by atoms with Crippen LogP contribution in [0.5, 0.6) is 0 Å². The van der Waals surface area contributed by atoms with Crippen molar-refractivity contribution in [2.75, 3.05) is 44.2 Å². The lowest BCUT2D eigenvalue weighted by molar-refractivity contribution is -0.0958. The van der Waals surface area contributed by atoms with E-state index in [1.54, 1.807) is 30.4 Å². The van der Waals surface area contributed by atoms with Gasteiger partial charge in [-0.15, -0.1) is 0 Å². The zero-order valence-corrected chi connectivity index (χ0v) is 24.3. The second-order valence-electron chi connectivity index (χ2n) is 10.4. The van der Waals surface area contributed by atoms with Crippen molar-refractivity contribution in [1.29, 1.82) is 0 Å². The zero-order valence-electron chi connectivity index (χ0n) is 23.5. The summed E-state index contributed by atoms with van der Waals surface area (Å²) >= 11 is 5.96. The monoisotopic (exact) mass is 602 g/mol. The van der Waals surface area contributed by atoms with Gasteiger partial charge in [-0.2, -0.15) is 13.2 Å². The van der Waals surface area contributed by atoms with Crippen LogP contribution in [-0.4, -0.2) is 61.3 Å². The molecule has 0 aliphatic carbocycles. The standard InChI is InChI=1S/C32H35ClF4N4O/c1-3-24(9-8-23(2)39-18-20-40(21-19-39)29-7-5-4-6-28(29)34)22-30(32(35,36)37)38-31(42)41-16-14-26(15-17-41)25-10-12-27(33)13-11-25/h3-13,22,26H,1,14-21H2,2H3,(H,38,42)/b23-8+,24-9+,30-22+. The van der Waals surface area contributed by atoms with Crippen molar-refractivity contribution >= 4 is 23.3 Å². The Bertz CT molecular complexity index is 1340. The lowest BCUT2D eigenvalue weighted by Gasteiger charge is -2.37. The quantitative estimate of drug-likeness (QED) is 0.261. The Kier molecular flexibility index (Phi) is 10.4. The van der Waals surface area contributed by atoms with Gasteiger partial charge in [0.05, 0.1) is 5.69 Å². The Morgan fingerprint density at radius 1 is 0.952 bits per heavy atom. The molecular weight excluding hydrogens is 568 g/mol. The first-order chi connectivity index (χ1) is 20.0. The summed E-state index contributed by atoms with van der Waals surface area (Å²) in [5, 5.41) is 2.72. The highest BCUT2D eigenvalue weighted by molar-refractivity contribution is 6.30. The molecule has 0 atom stereocenters. The van der Waals surface area contributed by atoms with Gasteiger partial charge in [-0.1, -0.05) is 54.6 Å². The maximum absolute atomic E-state index is 14.1. The number of amides is 2. The molecule has 5 nitrogen and oxygen atoms in total. The summed E-state index contributed by atoms with van der Waals surface area (Å²) in [5.41, 5.74) is 1.57. The summed E-state index contributed by atoms with van der Waals surface area (Å²) in [6.07, 6.45) is 2.01. The van der Waals surface area contributed by atoms with E-state index in [0.29, 0.717) is 62.8 Å². The van der Waals surface area contributed by atoms with E-state index in [1.807, 2.05) is 36.1 Å². The molecule has 2 aromatic rings. The second kappa shape index (κ2) is 14.0. The highest BCUT2D eigenvalue weighted by Crippen LogP contribution is 2.30. The molecule has 2 aliphatic heterocycles. The molecule has 224 valence electrons. The lowest BCUT2D eigenvalue weighted by atomic mass is 9.89. The molecule has 2 fully saturated rings. The average molecular weight is 603 g/mol. The molecule has 4 rings (SSSR count). The molecule has 2 aliphatic rings. The van der Waals surface area contributed by atoms with E-state index < -0.39 is 17.9 Å². The van der Waals surface area contributed by atoms with Crippen LogP contribution in [-0.2, 0) is 0 Å². The lowest BCUT2D eigenvalue weighted by Crippen LogP contribution is -2.45. The van der Waals surface area contributed by atoms with Crippen molar-refractivity contribution in [3.63, 3.8) is 0 Å². The summed E-state index contributed by atoms with van der Waals surface area (Å²) in [4.78, 5) is 18.3. The number of hydrogen-bond acceptors (Lipinski definition) is 3. The van der Waals surface area contributed by atoms with Gasteiger partial charge in [-0.3, -0.25) is 0 Å². The van der Waals surface area contributed by atoms with E-state index in [-0.39, 0.29) is 17.3 Å². The maximum atomic E-state index is 14.1. The molecule has 42 heavy (non-hydrogen) atoms. The van der Waals surface area contributed by atoms with Gasteiger partial charge in [0.1, 0.15) is 11.5 Å². The summed E-state index contributed by atoms with van der Waals surface area (Å²) in [5.74, 6) is -0.0460. The zero-order chi connectivity index (χ0) is 30.3. The summed E-state index contributed by atoms with van der Waals surface area (Å²) in [7, 11) is 0. The number of nitrogens with zero attached hydrogens (tertiary/aromatic N) is 3. The van der Waals surface area contributed by atoms with Crippen molar-refractivity contribution < 1.29 is 22.4 Å². The Balaban J connectivity index is 1.37. The number of hydrogen-bond donors (Lipinski definition) is 1. The molecule has 2 heterocycles. The number of para-hydroxylation sites is 1. The molecule has 0 saturated carbocycles. The van der Waals surface area contributed by atoms with Crippen LogP contribution in [0.4, 0.5) is 28.0 Å². The predicted octanol–water partition coefficient (Wildman–Crippen LogP) is 7.65. The third kappa shape index (κ3) is 8.18. The summed E-state index contributed by atoms with van der Waals surface area (Å²) < 4.78 is 55.9. The molecule has 0 radical (unpaired) electrons. The molecule has 0 aromatic heterocycles. The van der Waals surface area contributed by atoms with Gasteiger partial charge in [0, 0.05) is 50.0 Å². The number of rotatable bonds is 7. The van der Waals surface area contributed by atoms with E-state index in [2.05, 4.69) is 16.8 Å². The minimum absolute atomic E-state index is 0.202. The second-order valence-corrected chi connectivity index (χ2v) is 10.8. The molecule has 0 bridgehead atoms. The smallest absolute Gasteiger partial charge is 0.371 e. The number of carbonyl (C=O) groups is 1. The van der Waals surface area contributed by atoms with Gasteiger partial charge >= 0.3 is 12.2 Å². The number of carbonyl (C=O) groups excluding carboxylic acids is 1. The summed E-state index contributed by atoms with van der Waals surface area (Å²) in [6, 6.07) is 13.4. The Hall–Kier alpha value is -3.72. The van der Waals surface area contributed by atoms with Crippen molar-refractivity contribution in [1.82, 2.24) is 15.1 Å². The van der Waals surface area contributed by atoms with Gasteiger partial charge in [0.2, 0.25) is 0 Å². The number of benzene rings is 2. The predicted molar refractivity (Wildman–Crippen MR) is 160 cm³/mol. The number of nitrogens with one attached hydrogen (secondary N) is 1. The molecule has 10 heteroatoms. The molecule has 2 saturated heterocycles. The fourth-order valence-electron chi connectivity index (χ4n) is 5.21. The Labute approximate surface area is 249 Å². The molecular formula is C32H35ClF4N4O. The molecule has 1 N–H and O–H groups in total. The largest absolute Gasteiger partial charge is 0.431 e. The topological polar surface area (TPSA) is 38.8 Å². The van der Waals surface area contributed by atoms with Crippen molar-refractivity contribution in [2.45, 2.75) is 31.9 Å². The van der Waals surface area contributed by atoms with E-state index in [0.717, 1.165) is 17.3 Å². The van der Waals surface area contributed by atoms with Crippen LogP contribution in [0.15, 0.2) is 96.4 Å². The number of likely N-dealkylation sites (tertiary alicyclic amines) is 1. The van der Waals surface area contributed by atoms with Crippen LogP contribution >= 0.6 is 11.6 Å². The van der Waals surface area contributed by atoms with Gasteiger partial charge in [0.15, 0.2) is 0 Å². The van der Waals surface area contributed by atoms with E-state index in [4.69, 9.17) is 11.6 Å². The molecule has 0 unspecified atom stereocenters. The number of anilines is 1. The first-order valence-electron chi connectivity index (χ1n) is 13.9. The minimum Gasteiger partial charge on any atom is -0.371 e. The SMILES string of the molecule is C=CC(=C\C=C(/C)N1CCN(c2ccccc2F)CC1)/C=C(/NC(=O)N1CCC(c2ccc(Cl)cc2)CC1)C(F)(F)F. The van der Waals surface area contributed by atoms with Crippen LogP contribution in [0.3, 0.4) is 0 Å². The fraction of sp³-hybridized carbons (Fsp3) is 0.344. The average Bonchev–Trinajstić information content (AvgIpc) is 2.98. The third-order valence-electron chi connectivity index (χ3n) is 7.71.